The number of carbonyl (C=O) groups excluding carboxylic acids is 1. The Kier molecular flexibility index (Phi) is 4.65. The Hall–Kier alpha value is -0.940. The SMILES string of the molecule is CC(C)C(C)(O)CNC(=O)c1ccc(Br)cn1. The third-order valence-electron chi connectivity index (χ3n) is 2.81. The van der Waals surface area contributed by atoms with Crippen LogP contribution in [0.1, 0.15) is 31.3 Å². The molecule has 0 aliphatic rings. The van der Waals surface area contributed by atoms with Gasteiger partial charge in [-0.25, -0.2) is 4.98 Å². The summed E-state index contributed by atoms with van der Waals surface area (Å²) < 4.78 is 0.822. The van der Waals surface area contributed by atoms with Gasteiger partial charge >= 0.3 is 0 Å². The average molecular weight is 301 g/mol. The Morgan fingerprint density at radius 2 is 2.24 bits per heavy atom. The lowest BCUT2D eigenvalue weighted by Gasteiger charge is -2.27. The number of nitrogens with one attached hydrogen (secondary N) is 1. The van der Waals surface area contributed by atoms with E-state index in [2.05, 4.69) is 26.2 Å². The van der Waals surface area contributed by atoms with Crippen LogP contribution in [0.2, 0.25) is 0 Å². The van der Waals surface area contributed by atoms with Crippen molar-refractivity contribution < 1.29 is 9.90 Å². The van der Waals surface area contributed by atoms with Crippen molar-refractivity contribution in [1.82, 2.24) is 10.3 Å². The number of aliphatic hydroxyl groups is 1. The maximum absolute atomic E-state index is 11.7. The zero-order chi connectivity index (χ0) is 13.1. The van der Waals surface area contributed by atoms with E-state index in [-0.39, 0.29) is 18.4 Å². The van der Waals surface area contributed by atoms with Gasteiger partial charge in [-0.2, -0.15) is 0 Å². The fourth-order valence-corrected chi connectivity index (χ4v) is 1.30. The van der Waals surface area contributed by atoms with Crippen LogP contribution in [0.3, 0.4) is 0 Å². The minimum atomic E-state index is -0.912. The highest BCUT2D eigenvalue weighted by Gasteiger charge is 2.25. The molecule has 0 radical (unpaired) electrons. The lowest BCUT2D eigenvalue weighted by atomic mass is 9.92. The van der Waals surface area contributed by atoms with E-state index < -0.39 is 5.60 Å². The second-order valence-corrected chi connectivity index (χ2v) is 5.47. The van der Waals surface area contributed by atoms with Crippen molar-refractivity contribution in [3.8, 4) is 0 Å². The molecule has 1 rings (SSSR count). The smallest absolute Gasteiger partial charge is 0.269 e. The van der Waals surface area contributed by atoms with E-state index >= 15 is 0 Å². The second kappa shape index (κ2) is 5.60. The fourth-order valence-electron chi connectivity index (χ4n) is 1.06. The number of carbonyl (C=O) groups is 1. The molecule has 17 heavy (non-hydrogen) atoms. The van der Waals surface area contributed by atoms with Gasteiger partial charge in [0, 0.05) is 17.2 Å². The largest absolute Gasteiger partial charge is 0.388 e. The van der Waals surface area contributed by atoms with Gasteiger partial charge in [-0.15, -0.1) is 0 Å². The molecule has 0 spiro atoms. The Morgan fingerprint density at radius 1 is 1.59 bits per heavy atom. The van der Waals surface area contributed by atoms with Crippen molar-refractivity contribution in [1.29, 1.82) is 0 Å². The van der Waals surface area contributed by atoms with Gasteiger partial charge in [0.05, 0.1) is 5.60 Å². The van der Waals surface area contributed by atoms with Crippen molar-refractivity contribution in [3.63, 3.8) is 0 Å². The van der Waals surface area contributed by atoms with Crippen LogP contribution >= 0.6 is 15.9 Å². The van der Waals surface area contributed by atoms with Crippen LogP contribution in [-0.4, -0.2) is 28.1 Å². The number of hydrogen-bond acceptors (Lipinski definition) is 3. The predicted molar refractivity (Wildman–Crippen MR) is 69.7 cm³/mol. The van der Waals surface area contributed by atoms with E-state index in [0.29, 0.717) is 5.69 Å². The number of rotatable bonds is 4. The summed E-state index contributed by atoms with van der Waals surface area (Å²) in [5.41, 5.74) is -0.571. The molecule has 4 nitrogen and oxygen atoms in total. The first-order valence-electron chi connectivity index (χ1n) is 5.45. The first kappa shape index (κ1) is 14.1. The average Bonchev–Trinajstić information content (AvgIpc) is 2.27. The lowest BCUT2D eigenvalue weighted by molar-refractivity contribution is 0.0142. The molecule has 0 aliphatic carbocycles. The summed E-state index contributed by atoms with van der Waals surface area (Å²) in [4.78, 5) is 15.7. The number of amides is 1. The Labute approximate surface area is 110 Å². The molecule has 1 amide bonds. The number of nitrogens with zero attached hydrogens (tertiary/aromatic N) is 1. The normalized spacial score (nSPS) is 14.5. The molecule has 1 aromatic heterocycles. The summed E-state index contributed by atoms with van der Waals surface area (Å²) in [6.07, 6.45) is 1.56. The zero-order valence-corrected chi connectivity index (χ0v) is 11.8. The van der Waals surface area contributed by atoms with Crippen molar-refractivity contribution in [2.45, 2.75) is 26.4 Å². The molecule has 1 aromatic rings. The summed E-state index contributed by atoms with van der Waals surface area (Å²) in [7, 11) is 0. The molecule has 0 aromatic carbocycles. The van der Waals surface area contributed by atoms with Crippen LogP contribution < -0.4 is 5.32 Å². The predicted octanol–water partition coefficient (Wildman–Crippen LogP) is 1.98. The molecule has 2 N–H and O–H groups in total. The van der Waals surface area contributed by atoms with Crippen LogP contribution in [0.25, 0.3) is 0 Å². The lowest BCUT2D eigenvalue weighted by Crippen LogP contribution is -2.44. The summed E-state index contributed by atoms with van der Waals surface area (Å²) in [6.45, 7) is 5.72. The number of hydrogen-bond donors (Lipinski definition) is 2. The molecule has 0 saturated carbocycles. The third kappa shape index (κ3) is 4.09. The summed E-state index contributed by atoms with van der Waals surface area (Å²) in [6, 6.07) is 3.38. The molecule has 1 heterocycles. The second-order valence-electron chi connectivity index (χ2n) is 4.56. The van der Waals surface area contributed by atoms with Crippen LogP contribution in [0.5, 0.6) is 0 Å². The van der Waals surface area contributed by atoms with Crippen LogP contribution in [0, 0.1) is 5.92 Å². The molecular formula is C12H17BrN2O2. The minimum Gasteiger partial charge on any atom is -0.388 e. The standard InChI is InChI=1S/C12H17BrN2O2/c1-8(2)12(3,17)7-15-11(16)10-5-4-9(13)6-14-10/h4-6,8,17H,7H2,1-3H3,(H,15,16). The topological polar surface area (TPSA) is 62.2 Å². The minimum absolute atomic E-state index is 0.0701. The van der Waals surface area contributed by atoms with E-state index in [1.807, 2.05) is 13.8 Å². The number of pyridine rings is 1. The van der Waals surface area contributed by atoms with E-state index in [4.69, 9.17) is 0 Å². The van der Waals surface area contributed by atoms with Gasteiger partial charge in [0.2, 0.25) is 0 Å². The van der Waals surface area contributed by atoms with Crippen LogP contribution in [-0.2, 0) is 0 Å². The number of aromatic nitrogens is 1. The first-order chi connectivity index (χ1) is 7.83. The molecule has 0 bridgehead atoms. The first-order valence-corrected chi connectivity index (χ1v) is 6.24. The summed E-state index contributed by atoms with van der Waals surface area (Å²) in [5, 5.41) is 12.7. The van der Waals surface area contributed by atoms with Gasteiger partial charge in [0.25, 0.3) is 5.91 Å². The van der Waals surface area contributed by atoms with E-state index in [1.54, 1.807) is 25.3 Å². The quantitative estimate of drug-likeness (QED) is 0.894. The highest BCUT2D eigenvalue weighted by Crippen LogP contribution is 2.14. The summed E-state index contributed by atoms with van der Waals surface area (Å²) in [5.74, 6) is -0.209. The van der Waals surface area contributed by atoms with Crippen LogP contribution in [0.15, 0.2) is 22.8 Å². The van der Waals surface area contributed by atoms with Crippen molar-refractivity contribution in [3.05, 3.63) is 28.5 Å². The van der Waals surface area contributed by atoms with Gasteiger partial charge in [-0.1, -0.05) is 13.8 Å². The summed E-state index contributed by atoms with van der Waals surface area (Å²) >= 11 is 3.25. The van der Waals surface area contributed by atoms with E-state index in [9.17, 15) is 9.90 Å². The molecule has 94 valence electrons. The highest BCUT2D eigenvalue weighted by molar-refractivity contribution is 9.10. The van der Waals surface area contributed by atoms with Crippen molar-refractivity contribution in [2.75, 3.05) is 6.54 Å². The Bertz CT molecular complexity index is 388. The van der Waals surface area contributed by atoms with Gasteiger partial charge in [-0.3, -0.25) is 4.79 Å². The highest BCUT2D eigenvalue weighted by atomic mass is 79.9. The van der Waals surface area contributed by atoms with Gasteiger partial charge in [0.15, 0.2) is 0 Å². The maximum Gasteiger partial charge on any atom is 0.269 e. The van der Waals surface area contributed by atoms with Gasteiger partial charge in [-0.05, 0) is 40.9 Å². The van der Waals surface area contributed by atoms with Gasteiger partial charge in [0.1, 0.15) is 5.69 Å². The molecule has 1 atom stereocenters. The zero-order valence-electron chi connectivity index (χ0n) is 10.2. The maximum atomic E-state index is 11.7. The van der Waals surface area contributed by atoms with Crippen LogP contribution in [0.4, 0.5) is 0 Å². The monoisotopic (exact) mass is 300 g/mol. The molecule has 5 heteroatoms. The molecular weight excluding hydrogens is 284 g/mol. The van der Waals surface area contributed by atoms with Crippen molar-refractivity contribution in [2.24, 2.45) is 5.92 Å². The van der Waals surface area contributed by atoms with E-state index in [0.717, 1.165) is 4.47 Å². The third-order valence-corrected chi connectivity index (χ3v) is 3.28. The number of halogens is 1. The Morgan fingerprint density at radius 3 is 2.71 bits per heavy atom. The fraction of sp³-hybridized carbons (Fsp3) is 0.500. The van der Waals surface area contributed by atoms with E-state index in [1.165, 1.54) is 0 Å². The van der Waals surface area contributed by atoms with Gasteiger partial charge < -0.3 is 10.4 Å². The molecule has 1 unspecified atom stereocenters. The molecule has 0 aliphatic heterocycles. The Balaban J connectivity index is 2.59. The van der Waals surface area contributed by atoms with Crippen molar-refractivity contribution >= 4 is 21.8 Å². The molecule has 0 saturated heterocycles. The molecule has 0 fully saturated rings.